The Balaban J connectivity index is 2.36. The van der Waals surface area contributed by atoms with Crippen molar-refractivity contribution in [2.75, 3.05) is 0 Å². The van der Waals surface area contributed by atoms with Gasteiger partial charge in [-0.05, 0) is 18.6 Å². The van der Waals surface area contributed by atoms with E-state index in [4.69, 9.17) is 17.3 Å². The number of nitrogens with two attached hydrogens (primary N) is 1. The van der Waals surface area contributed by atoms with Gasteiger partial charge in [-0.3, -0.25) is 0 Å². The Hall–Kier alpha value is -1.13. The second kappa shape index (κ2) is 2.68. The molecule has 0 fully saturated rings. The van der Waals surface area contributed by atoms with Crippen LogP contribution in [0.25, 0.3) is 11.2 Å². The van der Waals surface area contributed by atoms with E-state index in [1.165, 1.54) is 0 Å². The normalized spacial score (nSPS) is 20.3. The first kappa shape index (κ1) is 8.20. The first-order chi connectivity index (χ1) is 6.75. The summed E-state index contributed by atoms with van der Waals surface area (Å²) >= 11 is 5.83. The van der Waals surface area contributed by atoms with Crippen LogP contribution in [0.1, 0.15) is 18.3 Å². The van der Waals surface area contributed by atoms with Crippen molar-refractivity contribution in [3.63, 3.8) is 0 Å². The summed E-state index contributed by atoms with van der Waals surface area (Å²) in [5, 5.41) is 0.501. The first-order valence-corrected chi connectivity index (χ1v) is 4.92. The molecule has 0 aromatic carbocycles. The highest BCUT2D eigenvalue weighted by atomic mass is 35.5. The fourth-order valence-electron chi connectivity index (χ4n) is 1.90. The Bertz CT molecular complexity index is 505. The van der Waals surface area contributed by atoms with Gasteiger partial charge in [0.05, 0.1) is 6.04 Å². The van der Waals surface area contributed by atoms with Gasteiger partial charge in [-0.1, -0.05) is 11.6 Å². The smallest absolute Gasteiger partial charge is 0.161 e. The van der Waals surface area contributed by atoms with Crippen LogP contribution in [0.4, 0.5) is 0 Å². The van der Waals surface area contributed by atoms with Gasteiger partial charge in [0.1, 0.15) is 16.5 Å². The van der Waals surface area contributed by atoms with Crippen LogP contribution in [0.3, 0.4) is 0 Å². The predicted molar refractivity (Wildman–Crippen MR) is 54.1 cm³/mol. The minimum absolute atomic E-state index is 0.0444. The molecule has 1 aliphatic heterocycles. The monoisotopic (exact) mass is 208 g/mol. The minimum Gasteiger partial charge on any atom is -0.321 e. The standard InChI is InChI=1S/C9H9ClN4/c10-7-2-1-6-9(13-7)14-4-3-5(11)8(14)12-6/h1-2,5H,3-4,11H2. The van der Waals surface area contributed by atoms with Crippen LogP contribution in [-0.2, 0) is 6.54 Å². The molecule has 3 rings (SSSR count). The number of halogens is 1. The van der Waals surface area contributed by atoms with Gasteiger partial charge < -0.3 is 10.3 Å². The molecule has 4 nitrogen and oxygen atoms in total. The highest BCUT2D eigenvalue weighted by molar-refractivity contribution is 6.29. The molecule has 0 aliphatic carbocycles. The topological polar surface area (TPSA) is 56.7 Å². The third-order valence-electron chi connectivity index (χ3n) is 2.58. The maximum atomic E-state index is 5.90. The predicted octanol–water partition coefficient (Wildman–Crippen LogP) is 1.49. The van der Waals surface area contributed by atoms with E-state index in [1.54, 1.807) is 6.07 Å². The van der Waals surface area contributed by atoms with Crippen LogP contribution in [0, 0.1) is 0 Å². The Morgan fingerprint density at radius 1 is 1.43 bits per heavy atom. The van der Waals surface area contributed by atoms with Crippen molar-refractivity contribution in [3.8, 4) is 0 Å². The van der Waals surface area contributed by atoms with E-state index < -0.39 is 0 Å². The molecule has 3 heterocycles. The van der Waals surface area contributed by atoms with Gasteiger partial charge in [0.25, 0.3) is 0 Å². The SMILES string of the molecule is NC1CCn2c1nc1ccc(Cl)nc12. The molecule has 2 N–H and O–H groups in total. The highest BCUT2D eigenvalue weighted by Gasteiger charge is 2.23. The number of imidazole rings is 1. The minimum atomic E-state index is 0.0444. The van der Waals surface area contributed by atoms with Crippen molar-refractivity contribution in [1.29, 1.82) is 0 Å². The van der Waals surface area contributed by atoms with Crippen molar-refractivity contribution in [1.82, 2.24) is 14.5 Å². The van der Waals surface area contributed by atoms with Crippen molar-refractivity contribution in [3.05, 3.63) is 23.1 Å². The summed E-state index contributed by atoms with van der Waals surface area (Å²) in [4.78, 5) is 8.68. The molecule has 2 aromatic heterocycles. The van der Waals surface area contributed by atoms with E-state index in [0.29, 0.717) is 5.15 Å². The van der Waals surface area contributed by atoms with Gasteiger partial charge in [-0.15, -0.1) is 0 Å². The Morgan fingerprint density at radius 2 is 2.29 bits per heavy atom. The fraction of sp³-hybridized carbons (Fsp3) is 0.333. The lowest BCUT2D eigenvalue weighted by atomic mass is 10.3. The van der Waals surface area contributed by atoms with E-state index >= 15 is 0 Å². The number of hydrogen-bond donors (Lipinski definition) is 1. The number of pyridine rings is 1. The summed E-state index contributed by atoms with van der Waals surface area (Å²) in [7, 11) is 0. The van der Waals surface area contributed by atoms with Crippen molar-refractivity contribution in [2.45, 2.75) is 19.0 Å². The van der Waals surface area contributed by atoms with Crippen molar-refractivity contribution >= 4 is 22.8 Å². The molecular weight excluding hydrogens is 200 g/mol. The van der Waals surface area contributed by atoms with Crippen molar-refractivity contribution in [2.24, 2.45) is 5.73 Å². The van der Waals surface area contributed by atoms with Crippen LogP contribution in [0.5, 0.6) is 0 Å². The van der Waals surface area contributed by atoms with Gasteiger partial charge in [0.2, 0.25) is 0 Å². The molecule has 0 amide bonds. The summed E-state index contributed by atoms with van der Waals surface area (Å²) in [6.07, 6.45) is 0.937. The van der Waals surface area contributed by atoms with E-state index in [0.717, 1.165) is 30.0 Å². The summed E-state index contributed by atoms with van der Waals surface area (Å²) in [6, 6.07) is 3.67. The molecule has 0 spiro atoms. The highest BCUT2D eigenvalue weighted by Crippen LogP contribution is 2.27. The van der Waals surface area contributed by atoms with Gasteiger partial charge >= 0.3 is 0 Å². The third kappa shape index (κ3) is 0.980. The lowest BCUT2D eigenvalue weighted by Crippen LogP contribution is -2.06. The van der Waals surface area contributed by atoms with E-state index in [1.807, 2.05) is 10.6 Å². The molecule has 0 saturated heterocycles. The lowest BCUT2D eigenvalue weighted by molar-refractivity contribution is 0.684. The lowest BCUT2D eigenvalue weighted by Gasteiger charge is -1.96. The molecule has 1 atom stereocenters. The third-order valence-corrected chi connectivity index (χ3v) is 2.79. The average Bonchev–Trinajstić information content (AvgIpc) is 2.67. The first-order valence-electron chi connectivity index (χ1n) is 4.54. The molecule has 0 bridgehead atoms. The van der Waals surface area contributed by atoms with Crippen LogP contribution in [0.15, 0.2) is 12.1 Å². The number of rotatable bonds is 0. The Morgan fingerprint density at radius 3 is 3.14 bits per heavy atom. The largest absolute Gasteiger partial charge is 0.321 e. The quantitative estimate of drug-likeness (QED) is 0.668. The number of hydrogen-bond acceptors (Lipinski definition) is 3. The van der Waals surface area contributed by atoms with Gasteiger partial charge in [0, 0.05) is 6.54 Å². The maximum Gasteiger partial charge on any atom is 0.161 e. The number of aryl methyl sites for hydroxylation is 1. The maximum absolute atomic E-state index is 5.90. The molecule has 1 unspecified atom stereocenters. The Labute approximate surface area is 85.7 Å². The average molecular weight is 209 g/mol. The fourth-order valence-corrected chi connectivity index (χ4v) is 2.04. The molecule has 2 aromatic rings. The van der Waals surface area contributed by atoms with Crippen LogP contribution in [0.2, 0.25) is 5.15 Å². The van der Waals surface area contributed by atoms with Crippen LogP contribution in [-0.4, -0.2) is 14.5 Å². The summed E-state index contributed by atoms with van der Waals surface area (Å²) < 4.78 is 2.05. The van der Waals surface area contributed by atoms with Crippen LogP contribution < -0.4 is 5.73 Å². The molecule has 0 radical (unpaired) electrons. The van der Waals surface area contributed by atoms with Crippen LogP contribution >= 0.6 is 11.6 Å². The van der Waals surface area contributed by atoms with Gasteiger partial charge in [-0.25, -0.2) is 9.97 Å². The van der Waals surface area contributed by atoms with E-state index in [9.17, 15) is 0 Å². The zero-order valence-electron chi connectivity index (χ0n) is 7.44. The molecule has 14 heavy (non-hydrogen) atoms. The summed E-state index contributed by atoms with van der Waals surface area (Å²) in [5.41, 5.74) is 7.63. The van der Waals surface area contributed by atoms with Crippen molar-refractivity contribution < 1.29 is 0 Å². The van der Waals surface area contributed by atoms with Gasteiger partial charge in [0.15, 0.2) is 5.65 Å². The molecule has 5 heteroatoms. The molecule has 1 aliphatic rings. The number of nitrogens with zero attached hydrogens (tertiary/aromatic N) is 3. The second-order valence-electron chi connectivity index (χ2n) is 3.49. The second-order valence-corrected chi connectivity index (χ2v) is 3.88. The molecule has 72 valence electrons. The zero-order chi connectivity index (χ0) is 9.71. The van der Waals surface area contributed by atoms with Gasteiger partial charge in [-0.2, -0.15) is 0 Å². The zero-order valence-corrected chi connectivity index (χ0v) is 8.20. The number of aromatic nitrogens is 3. The summed E-state index contributed by atoms with van der Waals surface area (Å²) in [5.74, 6) is 0.926. The van der Waals surface area contributed by atoms with E-state index in [-0.39, 0.29) is 6.04 Å². The number of fused-ring (bicyclic) bond motifs is 3. The molecular formula is C9H9ClN4. The molecule has 0 saturated carbocycles. The summed E-state index contributed by atoms with van der Waals surface area (Å²) in [6.45, 7) is 0.889. The van der Waals surface area contributed by atoms with E-state index in [2.05, 4.69) is 9.97 Å². The Kier molecular flexibility index (Phi) is 1.57.